The molecule has 0 aliphatic heterocycles. The second-order valence-corrected chi connectivity index (χ2v) is 5.56. The summed E-state index contributed by atoms with van der Waals surface area (Å²) in [5.41, 5.74) is -0.0636. The van der Waals surface area contributed by atoms with Crippen molar-refractivity contribution in [1.29, 1.82) is 0 Å². The summed E-state index contributed by atoms with van der Waals surface area (Å²) in [5, 5.41) is 0.409. The number of hydrogen-bond acceptors (Lipinski definition) is 3. The molecule has 0 fully saturated rings. The highest BCUT2D eigenvalue weighted by Crippen LogP contribution is 2.34. The van der Waals surface area contributed by atoms with Crippen molar-refractivity contribution in [3.63, 3.8) is 0 Å². The Bertz CT molecular complexity index is 352. The van der Waals surface area contributed by atoms with Crippen LogP contribution in [0.5, 0.6) is 0 Å². The van der Waals surface area contributed by atoms with Gasteiger partial charge in [-0.2, -0.15) is 0 Å². The molecule has 0 aliphatic carbocycles. The van der Waals surface area contributed by atoms with Gasteiger partial charge < -0.3 is 4.74 Å². The van der Waals surface area contributed by atoms with Gasteiger partial charge in [0.2, 0.25) is 0 Å². The lowest BCUT2D eigenvalue weighted by molar-refractivity contribution is 0.00863. The molecule has 0 amide bonds. The first-order chi connectivity index (χ1) is 6.86. The molecule has 1 rings (SSSR count). The highest BCUT2D eigenvalue weighted by atomic mass is 79.9. The van der Waals surface area contributed by atoms with E-state index in [1.165, 1.54) is 0 Å². The van der Waals surface area contributed by atoms with E-state index in [1.807, 2.05) is 0 Å². The third kappa shape index (κ3) is 3.13. The topological polar surface area (TPSA) is 35.0 Å². The fourth-order valence-corrected chi connectivity index (χ4v) is 1.66. The number of halogens is 2. The van der Waals surface area contributed by atoms with Crippen LogP contribution in [0.25, 0.3) is 0 Å². The van der Waals surface area contributed by atoms with Gasteiger partial charge in [0, 0.05) is 13.3 Å². The van der Waals surface area contributed by atoms with Crippen molar-refractivity contribution in [3.05, 3.63) is 21.6 Å². The van der Waals surface area contributed by atoms with E-state index < -0.39 is 0 Å². The van der Waals surface area contributed by atoms with E-state index in [0.29, 0.717) is 15.5 Å². The van der Waals surface area contributed by atoms with Gasteiger partial charge in [-0.3, -0.25) is 0 Å². The normalized spacial score (nSPS) is 14.0. The average molecular weight is 294 g/mol. The highest BCUT2D eigenvalue weighted by Gasteiger charge is 2.28. The molecule has 5 heteroatoms. The Morgan fingerprint density at radius 1 is 1.47 bits per heavy atom. The largest absolute Gasteiger partial charge is 0.373 e. The quantitative estimate of drug-likeness (QED) is 0.781. The zero-order chi connectivity index (χ0) is 11.6. The van der Waals surface area contributed by atoms with Crippen LogP contribution in [0.1, 0.15) is 32.7 Å². The third-order valence-corrected chi connectivity index (χ3v) is 3.07. The van der Waals surface area contributed by atoms with Gasteiger partial charge in [-0.05, 0) is 21.3 Å². The van der Waals surface area contributed by atoms with E-state index in [0.717, 1.165) is 0 Å². The number of methoxy groups -OCH3 is 1. The van der Waals surface area contributed by atoms with Gasteiger partial charge in [0.05, 0.1) is 4.47 Å². The minimum atomic E-state index is -0.164. The Labute approximate surface area is 103 Å². The summed E-state index contributed by atoms with van der Waals surface area (Å²) in [6, 6.07) is 0. The Morgan fingerprint density at radius 2 is 2.07 bits per heavy atom. The van der Waals surface area contributed by atoms with Crippen molar-refractivity contribution in [1.82, 2.24) is 9.97 Å². The second kappa shape index (κ2) is 4.76. The predicted octanol–water partition coefficient (Wildman–Crippen LogP) is 3.63. The standard InChI is InChI=1S/C10H14BrClN2O/c1-10(2,3)7(15-4)9-13-5-6(11)8(12)14-9/h5,7H,1-4H3. The number of nitrogens with zero attached hydrogens (tertiary/aromatic N) is 2. The van der Waals surface area contributed by atoms with Gasteiger partial charge in [-0.1, -0.05) is 32.4 Å². The molecule has 0 saturated carbocycles. The first-order valence-corrected chi connectivity index (χ1v) is 5.74. The molecule has 0 aliphatic rings. The lowest BCUT2D eigenvalue weighted by atomic mass is 9.88. The maximum atomic E-state index is 5.91. The van der Waals surface area contributed by atoms with Crippen molar-refractivity contribution >= 4 is 27.5 Å². The van der Waals surface area contributed by atoms with Crippen LogP contribution < -0.4 is 0 Å². The number of ether oxygens (including phenoxy) is 1. The highest BCUT2D eigenvalue weighted by molar-refractivity contribution is 9.10. The summed E-state index contributed by atoms with van der Waals surface area (Å²) in [4.78, 5) is 8.40. The third-order valence-electron chi connectivity index (χ3n) is 1.98. The molecule has 1 unspecified atom stereocenters. The monoisotopic (exact) mass is 292 g/mol. The zero-order valence-corrected chi connectivity index (χ0v) is 11.6. The fourth-order valence-electron chi connectivity index (χ4n) is 1.33. The van der Waals surface area contributed by atoms with Gasteiger partial charge in [0.25, 0.3) is 0 Å². The number of rotatable bonds is 2. The van der Waals surface area contributed by atoms with Crippen LogP contribution in [0, 0.1) is 5.41 Å². The second-order valence-electron chi connectivity index (χ2n) is 4.35. The smallest absolute Gasteiger partial charge is 0.159 e. The molecule has 0 radical (unpaired) electrons. The molecule has 84 valence electrons. The first-order valence-electron chi connectivity index (χ1n) is 4.57. The van der Waals surface area contributed by atoms with Crippen LogP contribution in [-0.4, -0.2) is 17.1 Å². The molecule has 0 spiro atoms. The lowest BCUT2D eigenvalue weighted by Crippen LogP contribution is -2.22. The summed E-state index contributed by atoms with van der Waals surface area (Å²) in [6.45, 7) is 6.21. The molecular formula is C10H14BrClN2O. The minimum Gasteiger partial charge on any atom is -0.373 e. The van der Waals surface area contributed by atoms with Crippen molar-refractivity contribution in [2.45, 2.75) is 26.9 Å². The van der Waals surface area contributed by atoms with Gasteiger partial charge in [-0.25, -0.2) is 9.97 Å². The molecule has 0 N–H and O–H groups in total. The Hall–Kier alpha value is -0.190. The molecule has 15 heavy (non-hydrogen) atoms. The zero-order valence-electron chi connectivity index (χ0n) is 9.21. The Balaban J connectivity index is 3.08. The summed E-state index contributed by atoms with van der Waals surface area (Å²) >= 11 is 9.16. The Morgan fingerprint density at radius 3 is 2.47 bits per heavy atom. The van der Waals surface area contributed by atoms with Gasteiger partial charge in [0.15, 0.2) is 5.82 Å². The predicted molar refractivity (Wildman–Crippen MR) is 63.9 cm³/mol. The van der Waals surface area contributed by atoms with Gasteiger partial charge >= 0.3 is 0 Å². The van der Waals surface area contributed by atoms with E-state index in [2.05, 4.69) is 46.7 Å². The molecule has 1 aromatic rings. The first kappa shape index (κ1) is 12.9. The van der Waals surface area contributed by atoms with Gasteiger partial charge in [0.1, 0.15) is 11.3 Å². The van der Waals surface area contributed by atoms with E-state index in [4.69, 9.17) is 16.3 Å². The summed E-state index contributed by atoms with van der Waals surface area (Å²) in [6.07, 6.45) is 1.48. The molecule has 1 aromatic heterocycles. The SMILES string of the molecule is COC(c1ncc(Br)c(Cl)n1)C(C)(C)C. The Kier molecular flexibility index (Phi) is 4.09. The van der Waals surface area contributed by atoms with Crippen LogP contribution >= 0.6 is 27.5 Å². The summed E-state index contributed by atoms with van der Waals surface area (Å²) in [7, 11) is 1.65. The maximum Gasteiger partial charge on any atom is 0.159 e. The van der Waals surface area contributed by atoms with Crippen molar-refractivity contribution in [2.75, 3.05) is 7.11 Å². The lowest BCUT2D eigenvalue weighted by Gasteiger charge is -2.27. The number of aromatic nitrogens is 2. The molecule has 0 saturated heterocycles. The van der Waals surface area contributed by atoms with Crippen LogP contribution in [0.3, 0.4) is 0 Å². The van der Waals surface area contributed by atoms with Crippen molar-refractivity contribution in [3.8, 4) is 0 Å². The van der Waals surface area contributed by atoms with Crippen LogP contribution in [0.15, 0.2) is 10.7 Å². The van der Waals surface area contributed by atoms with Crippen molar-refractivity contribution < 1.29 is 4.74 Å². The summed E-state index contributed by atoms with van der Waals surface area (Å²) < 4.78 is 6.09. The fraction of sp³-hybridized carbons (Fsp3) is 0.600. The van der Waals surface area contributed by atoms with E-state index >= 15 is 0 Å². The van der Waals surface area contributed by atoms with E-state index in [1.54, 1.807) is 13.3 Å². The van der Waals surface area contributed by atoms with Crippen LogP contribution in [0.4, 0.5) is 0 Å². The van der Waals surface area contributed by atoms with Crippen molar-refractivity contribution in [2.24, 2.45) is 5.41 Å². The minimum absolute atomic E-state index is 0.0636. The summed E-state index contributed by atoms with van der Waals surface area (Å²) in [5.74, 6) is 0.609. The molecule has 1 atom stereocenters. The molecular weight excluding hydrogens is 279 g/mol. The van der Waals surface area contributed by atoms with E-state index in [-0.39, 0.29) is 11.5 Å². The maximum absolute atomic E-state index is 5.91. The average Bonchev–Trinajstić information content (AvgIpc) is 2.10. The molecule has 0 aromatic carbocycles. The molecule has 3 nitrogen and oxygen atoms in total. The number of hydrogen-bond donors (Lipinski definition) is 0. The molecule has 0 bridgehead atoms. The van der Waals surface area contributed by atoms with E-state index in [9.17, 15) is 0 Å². The molecule has 1 heterocycles. The van der Waals surface area contributed by atoms with Gasteiger partial charge in [-0.15, -0.1) is 0 Å². The van der Waals surface area contributed by atoms with Crippen LogP contribution in [-0.2, 0) is 4.74 Å². The van der Waals surface area contributed by atoms with Crippen LogP contribution in [0.2, 0.25) is 5.15 Å².